The van der Waals surface area contributed by atoms with Crippen LogP contribution in [0.5, 0.6) is 17.4 Å². The van der Waals surface area contributed by atoms with E-state index in [0.717, 1.165) is 5.56 Å². The molecule has 1 heterocycles. The highest BCUT2D eigenvalue weighted by atomic mass is 16.5. The number of aromatic nitrogens is 1. The Kier molecular flexibility index (Phi) is 7.18. The lowest BCUT2D eigenvalue weighted by atomic mass is 10.2. The molecule has 25 heavy (non-hydrogen) atoms. The van der Waals surface area contributed by atoms with Crippen LogP contribution in [-0.2, 0) is 16.1 Å². The van der Waals surface area contributed by atoms with Crippen LogP contribution >= 0.6 is 0 Å². The van der Waals surface area contributed by atoms with Crippen molar-refractivity contribution in [3.8, 4) is 17.4 Å². The lowest BCUT2D eigenvalue weighted by Gasteiger charge is -2.12. The number of amides is 1. The molecule has 1 unspecified atom stereocenters. The molecule has 134 valence electrons. The van der Waals surface area contributed by atoms with Crippen LogP contribution in [0.3, 0.4) is 0 Å². The molecule has 1 amide bonds. The van der Waals surface area contributed by atoms with Crippen LogP contribution in [0.15, 0.2) is 42.6 Å². The summed E-state index contributed by atoms with van der Waals surface area (Å²) < 4.78 is 16.1. The van der Waals surface area contributed by atoms with Crippen molar-refractivity contribution in [3.63, 3.8) is 0 Å². The van der Waals surface area contributed by atoms with E-state index in [-0.39, 0.29) is 12.5 Å². The second-order valence-corrected chi connectivity index (χ2v) is 5.27. The number of carbonyl (C=O) groups is 1. The first-order valence-electron chi connectivity index (χ1n) is 8.01. The number of rotatable bonds is 9. The third-order valence-corrected chi connectivity index (χ3v) is 3.31. The van der Waals surface area contributed by atoms with Crippen molar-refractivity contribution in [1.82, 2.24) is 10.3 Å². The molecule has 0 aliphatic heterocycles. The van der Waals surface area contributed by atoms with Crippen LogP contribution in [-0.4, -0.2) is 37.3 Å². The Labute approximate surface area is 147 Å². The zero-order valence-electron chi connectivity index (χ0n) is 14.4. The minimum Gasteiger partial charge on any atom is -0.490 e. The van der Waals surface area contributed by atoms with E-state index >= 15 is 0 Å². The Bertz CT molecular complexity index is 676. The van der Waals surface area contributed by atoms with Gasteiger partial charge in [-0.3, -0.25) is 4.79 Å². The van der Waals surface area contributed by atoms with Gasteiger partial charge in [0.15, 0.2) is 11.5 Å². The number of ether oxygens (including phenoxy) is 3. The minimum atomic E-state index is -0.685. The monoisotopic (exact) mass is 345 g/mol. The molecule has 1 aromatic heterocycles. The first-order valence-corrected chi connectivity index (χ1v) is 8.01. The number of pyridine rings is 1. The summed E-state index contributed by atoms with van der Waals surface area (Å²) in [6, 6.07) is 10.3. The van der Waals surface area contributed by atoms with Gasteiger partial charge in [-0.2, -0.15) is 0 Å². The number of para-hydroxylation sites is 2. The molecule has 2 aromatic rings. The van der Waals surface area contributed by atoms with E-state index in [4.69, 9.17) is 19.9 Å². The van der Waals surface area contributed by atoms with Crippen LogP contribution < -0.4 is 20.5 Å². The first-order chi connectivity index (χ1) is 12.1. The van der Waals surface area contributed by atoms with Gasteiger partial charge >= 0.3 is 0 Å². The van der Waals surface area contributed by atoms with Crippen LogP contribution in [0.1, 0.15) is 12.5 Å². The maximum atomic E-state index is 11.7. The highest BCUT2D eigenvalue weighted by Crippen LogP contribution is 2.30. The van der Waals surface area contributed by atoms with Crippen molar-refractivity contribution < 1.29 is 19.0 Å². The van der Waals surface area contributed by atoms with Crippen molar-refractivity contribution in [2.75, 3.05) is 20.3 Å². The van der Waals surface area contributed by atoms with E-state index in [2.05, 4.69) is 10.3 Å². The fraction of sp³-hybridized carbons (Fsp3) is 0.333. The molecule has 0 fully saturated rings. The lowest BCUT2D eigenvalue weighted by molar-refractivity contribution is -0.123. The van der Waals surface area contributed by atoms with Crippen molar-refractivity contribution in [2.45, 2.75) is 19.5 Å². The molecule has 2 rings (SSSR count). The maximum Gasteiger partial charge on any atom is 0.239 e. The zero-order chi connectivity index (χ0) is 18.1. The summed E-state index contributed by atoms with van der Waals surface area (Å²) in [5.74, 6) is 1.44. The number of hydrogen-bond acceptors (Lipinski definition) is 6. The number of nitrogens with zero attached hydrogens (tertiary/aromatic N) is 1. The standard InChI is InChI=1S/C18H23N3O4/c1-3-24-15-6-4-5-7-16(15)25-17-9-8-13(10-20-17)11-21-18(22)14(19)12-23-2/h4-10,14H,3,11-12,19H2,1-2H3,(H,21,22). The first kappa shape index (κ1) is 18.7. The normalized spacial score (nSPS) is 11.6. The zero-order valence-corrected chi connectivity index (χ0v) is 14.4. The lowest BCUT2D eigenvalue weighted by Crippen LogP contribution is -2.43. The van der Waals surface area contributed by atoms with E-state index < -0.39 is 6.04 Å². The second kappa shape index (κ2) is 9.61. The van der Waals surface area contributed by atoms with Crippen molar-refractivity contribution in [1.29, 1.82) is 0 Å². The van der Waals surface area contributed by atoms with Crippen molar-refractivity contribution in [3.05, 3.63) is 48.2 Å². The number of nitrogens with one attached hydrogen (secondary N) is 1. The Morgan fingerprint density at radius 1 is 1.24 bits per heavy atom. The average Bonchev–Trinajstić information content (AvgIpc) is 2.63. The summed E-state index contributed by atoms with van der Waals surface area (Å²) in [6.07, 6.45) is 1.64. The van der Waals surface area contributed by atoms with Gasteiger partial charge in [-0.15, -0.1) is 0 Å². The molecule has 3 N–H and O–H groups in total. The summed E-state index contributed by atoms with van der Waals surface area (Å²) in [5.41, 5.74) is 6.49. The third-order valence-electron chi connectivity index (χ3n) is 3.31. The molecule has 0 aliphatic carbocycles. The maximum absolute atomic E-state index is 11.7. The molecule has 1 aromatic carbocycles. The summed E-state index contributed by atoms with van der Waals surface area (Å²) in [6.45, 7) is 2.98. The SMILES string of the molecule is CCOc1ccccc1Oc1ccc(CNC(=O)C(N)COC)cn1. The summed E-state index contributed by atoms with van der Waals surface area (Å²) in [5, 5.41) is 2.73. The van der Waals surface area contributed by atoms with Crippen LogP contribution in [0, 0.1) is 0 Å². The van der Waals surface area contributed by atoms with Crippen LogP contribution in [0.2, 0.25) is 0 Å². The molecule has 0 spiro atoms. The largest absolute Gasteiger partial charge is 0.490 e. The molecule has 7 heteroatoms. The van der Waals surface area contributed by atoms with E-state index in [1.54, 1.807) is 12.3 Å². The van der Waals surface area contributed by atoms with Gasteiger partial charge in [0.05, 0.1) is 13.2 Å². The predicted molar refractivity (Wildman–Crippen MR) is 93.6 cm³/mol. The molecule has 1 atom stereocenters. The van der Waals surface area contributed by atoms with Gasteiger partial charge in [0, 0.05) is 25.9 Å². The second-order valence-electron chi connectivity index (χ2n) is 5.27. The highest BCUT2D eigenvalue weighted by molar-refractivity contribution is 5.81. The van der Waals surface area contributed by atoms with E-state index in [1.807, 2.05) is 37.3 Å². The molecule has 0 bridgehead atoms. The molecule has 0 saturated heterocycles. The fourth-order valence-electron chi connectivity index (χ4n) is 2.07. The molecule has 7 nitrogen and oxygen atoms in total. The van der Waals surface area contributed by atoms with Crippen LogP contribution in [0.4, 0.5) is 0 Å². The Morgan fingerprint density at radius 2 is 2.00 bits per heavy atom. The third kappa shape index (κ3) is 5.74. The number of benzene rings is 1. The Balaban J connectivity index is 1.93. The van der Waals surface area contributed by atoms with Gasteiger partial charge in [-0.1, -0.05) is 18.2 Å². The quantitative estimate of drug-likeness (QED) is 0.720. The van der Waals surface area contributed by atoms with Gasteiger partial charge in [0.1, 0.15) is 6.04 Å². The van der Waals surface area contributed by atoms with Gasteiger partial charge in [-0.05, 0) is 24.6 Å². The van der Waals surface area contributed by atoms with E-state index in [1.165, 1.54) is 7.11 Å². The smallest absolute Gasteiger partial charge is 0.239 e. The molecular weight excluding hydrogens is 322 g/mol. The van der Waals surface area contributed by atoms with Crippen molar-refractivity contribution in [2.24, 2.45) is 5.73 Å². The average molecular weight is 345 g/mol. The molecule has 0 saturated carbocycles. The molecular formula is C18H23N3O4. The summed E-state index contributed by atoms with van der Waals surface area (Å²) in [7, 11) is 1.50. The Hall–Kier alpha value is -2.64. The van der Waals surface area contributed by atoms with Gasteiger partial charge in [0.25, 0.3) is 0 Å². The fourth-order valence-corrected chi connectivity index (χ4v) is 2.07. The minimum absolute atomic E-state index is 0.177. The molecule has 0 aliphatic rings. The number of hydrogen-bond donors (Lipinski definition) is 2. The number of methoxy groups -OCH3 is 1. The summed E-state index contributed by atoms with van der Waals surface area (Å²) in [4.78, 5) is 16.0. The topological polar surface area (TPSA) is 95.7 Å². The Morgan fingerprint density at radius 3 is 2.64 bits per heavy atom. The van der Waals surface area contributed by atoms with Gasteiger partial charge in [0.2, 0.25) is 11.8 Å². The summed E-state index contributed by atoms with van der Waals surface area (Å²) >= 11 is 0. The molecule has 0 radical (unpaired) electrons. The highest BCUT2D eigenvalue weighted by Gasteiger charge is 2.12. The van der Waals surface area contributed by atoms with E-state index in [0.29, 0.717) is 30.5 Å². The predicted octanol–water partition coefficient (Wildman–Crippen LogP) is 1.86. The van der Waals surface area contributed by atoms with Gasteiger partial charge < -0.3 is 25.3 Å². The number of carbonyl (C=O) groups excluding carboxylic acids is 1. The van der Waals surface area contributed by atoms with Crippen molar-refractivity contribution >= 4 is 5.91 Å². The number of nitrogens with two attached hydrogens (primary N) is 1. The van der Waals surface area contributed by atoms with Crippen LogP contribution in [0.25, 0.3) is 0 Å². The van der Waals surface area contributed by atoms with Gasteiger partial charge in [-0.25, -0.2) is 4.98 Å². The van der Waals surface area contributed by atoms with E-state index in [9.17, 15) is 4.79 Å².